The standard InChI is InChI=1S/C19H26N2/c1-2-5-15-9-11-18(12-10-15)21-14-17-7-3-6-16-8-4-13-20-19(16)17/h3-4,6-8,13,15,18,21H,2,5,9-12,14H2,1H3. The van der Waals surface area contributed by atoms with Crippen LogP contribution in [0.3, 0.4) is 0 Å². The zero-order chi connectivity index (χ0) is 14.5. The fourth-order valence-electron chi connectivity index (χ4n) is 3.63. The van der Waals surface area contributed by atoms with Gasteiger partial charge in [0.15, 0.2) is 0 Å². The number of hydrogen-bond acceptors (Lipinski definition) is 2. The van der Waals surface area contributed by atoms with Crippen molar-refractivity contribution in [2.24, 2.45) is 5.92 Å². The van der Waals surface area contributed by atoms with E-state index in [0.717, 1.165) is 18.0 Å². The first-order chi connectivity index (χ1) is 10.4. The van der Waals surface area contributed by atoms with Gasteiger partial charge in [-0.3, -0.25) is 4.98 Å². The van der Waals surface area contributed by atoms with Gasteiger partial charge in [0.1, 0.15) is 0 Å². The largest absolute Gasteiger partial charge is 0.310 e. The van der Waals surface area contributed by atoms with Crippen LogP contribution in [0.2, 0.25) is 0 Å². The van der Waals surface area contributed by atoms with Crippen LogP contribution in [0.25, 0.3) is 10.9 Å². The van der Waals surface area contributed by atoms with Crippen molar-refractivity contribution >= 4 is 10.9 Å². The van der Waals surface area contributed by atoms with E-state index in [0.29, 0.717) is 6.04 Å². The molecule has 2 heteroatoms. The van der Waals surface area contributed by atoms with Gasteiger partial charge >= 0.3 is 0 Å². The number of nitrogens with zero attached hydrogens (tertiary/aromatic N) is 1. The lowest BCUT2D eigenvalue weighted by Crippen LogP contribution is -2.32. The van der Waals surface area contributed by atoms with Crippen molar-refractivity contribution in [3.63, 3.8) is 0 Å². The van der Waals surface area contributed by atoms with Crippen LogP contribution in [0.15, 0.2) is 36.5 Å². The van der Waals surface area contributed by atoms with Crippen LogP contribution in [0, 0.1) is 5.92 Å². The summed E-state index contributed by atoms with van der Waals surface area (Å²) in [7, 11) is 0. The first-order valence-electron chi connectivity index (χ1n) is 8.43. The predicted molar refractivity (Wildman–Crippen MR) is 89.2 cm³/mol. The highest BCUT2D eigenvalue weighted by molar-refractivity contribution is 5.81. The third-order valence-electron chi connectivity index (χ3n) is 4.84. The molecule has 0 unspecified atom stereocenters. The van der Waals surface area contributed by atoms with Gasteiger partial charge in [-0.05, 0) is 43.2 Å². The topological polar surface area (TPSA) is 24.9 Å². The molecule has 1 saturated carbocycles. The Hall–Kier alpha value is -1.41. The second-order valence-electron chi connectivity index (χ2n) is 6.38. The van der Waals surface area contributed by atoms with Crippen molar-refractivity contribution in [2.75, 3.05) is 0 Å². The quantitative estimate of drug-likeness (QED) is 0.861. The summed E-state index contributed by atoms with van der Waals surface area (Å²) in [5.74, 6) is 0.979. The maximum Gasteiger partial charge on any atom is 0.0746 e. The molecule has 1 heterocycles. The second kappa shape index (κ2) is 7.04. The van der Waals surface area contributed by atoms with E-state index in [1.807, 2.05) is 12.3 Å². The van der Waals surface area contributed by atoms with E-state index >= 15 is 0 Å². The number of aromatic nitrogens is 1. The minimum atomic E-state index is 0.692. The van der Waals surface area contributed by atoms with E-state index in [4.69, 9.17) is 0 Å². The molecule has 2 nitrogen and oxygen atoms in total. The molecule has 1 fully saturated rings. The smallest absolute Gasteiger partial charge is 0.0746 e. The van der Waals surface area contributed by atoms with Gasteiger partial charge in [0.05, 0.1) is 5.52 Å². The average Bonchev–Trinajstić information content (AvgIpc) is 2.54. The Morgan fingerprint density at radius 2 is 1.90 bits per heavy atom. The maximum absolute atomic E-state index is 4.54. The summed E-state index contributed by atoms with van der Waals surface area (Å²) in [5.41, 5.74) is 2.47. The van der Waals surface area contributed by atoms with Gasteiger partial charge in [-0.1, -0.05) is 44.0 Å². The minimum Gasteiger partial charge on any atom is -0.310 e. The van der Waals surface area contributed by atoms with E-state index in [2.05, 4.69) is 41.5 Å². The Kier molecular flexibility index (Phi) is 4.87. The van der Waals surface area contributed by atoms with E-state index in [1.165, 1.54) is 49.5 Å². The number of rotatable bonds is 5. The predicted octanol–water partition coefficient (Wildman–Crippen LogP) is 4.68. The van der Waals surface area contributed by atoms with Gasteiger partial charge in [-0.15, -0.1) is 0 Å². The zero-order valence-electron chi connectivity index (χ0n) is 13.0. The molecule has 0 saturated heterocycles. The highest BCUT2D eigenvalue weighted by Crippen LogP contribution is 2.28. The zero-order valence-corrected chi connectivity index (χ0v) is 13.0. The number of benzene rings is 1. The summed E-state index contributed by atoms with van der Waals surface area (Å²) >= 11 is 0. The first kappa shape index (κ1) is 14.5. The van der Waals surface area contributed by atoms with Crippen LogP contribution in [-0.2, 0) is 6.54 Å². The molecule has 0 amide bonds. The van der Waals surface area contributed by atoms with Crippen LogP contribution >= 0.6 is 0 Å². The summed E-state index contributed by atoms with van der Waals surface area (Å²) in [6.07, 6.45) is 10.1. The SMILES string of the molecule is CCCC1CCC(NCc2cccc3cccnc23)CC1. The van der Waals surface area contributed by atoms with E-state index < -0.39 is 0 Å². The molecule has 1 aliphatic rings. The number of hydrogen-bond donors (Lipinski definition) is 1. The number of para-hydroxylation sites is 1. The highest BCUT2D eigenvalue weighted by Gasteiger charge is 2.20. The van der Waals surface area contributed by atoms with Gasteiger partial charge in [0, 0.05) is 24.2 Å². The lowest BCUT2D eigenvalue weighted by atomic mass is 9.83. The molecule has 0 bridgehead atoms. The van der Waals surface area contributed by atoms with Crippen LogP contribution in [-0.4, -0.2) is 11.0 Å². The monoisotopic (exact) mass is 282 g/mol. The average molecular weight is 282 g/mol. The third kappa shape index (κ3) is 3.62. The molecule has 1 aromatic carbocycles. The normalized spacial score (nSPS) is 22.5. The highest BCUT2D eigenvalue weighted by atomic mass is 14.9. The number of fused-ring (bicyclic) bond motifs is 1. The summed E-state index contributed by atoms with van der Waals surface area (Å²) in [6.45, 7) is 3.25. The van der Waals surface area contributed by atoms with Crippen molar-refractivity contribution < 1.29 is 0 Å². The Morgan fingerprint density at radius 1 is 1.10 bits per heavy atom. The third-order valence-corrected chi connectivity index (χ3v) is 4.84. The van der Waals surface area contributed by atoms with Crippen LogP contribution in [0.5, 0.6) is 0 Å². The molecule has 1 aliphatic carbocycles. The molecule has 0 aliphatic heterocycles. The van der Waals surface area contributed by atoms with E-state index in [9.17, 15) is 0 Å². The molecule has 1 aromatic heterocycles. The molecule has 1 N–H and O–H groups in total. The van der Waals surface area contributed by atoms with E-state index in [1.54, 1.807) is 0 Å². The van der Waals surface area contributed by atoms with Gasteiger partial charge in [0.25, 0.3) is 0 Å². The molecule has 21 heavy (non-hydrogen) atoms. The number of pyridine rings is 1. The Balaban J connectivity index is 1.58. The summed E-state index contributed by atoms with van der Waals surface area (Å²) < 4.78 is 0. The lowest BCUT2D eigenvalue weighted by molar-refractivity contribution is 0.278. The van der Waals surface area contributed by atoms with Crippen molar-refractivity contribution in [1.29, 1.82) is 0 Å². The van der Waals surface area contributed by atoms with Crippen molar-refractivity contribution in [3.8, 4) is 0 Å². The van der Waals surface area contributed by atoms with Crippen molar-refractivity contribution in [1.82, 2.24) is 10.3 Å². The van der Waals surface area contributed by atoms with Gasteiger partial charge in [-0.25, -0.2) is 0 Å². The fraction of sp³-hybridized carbons (Fsp3) is 0.526. The molecule has 3 rings (SSSR count). The molecule has 112 valence electrons. The molecule has 2 aromatic rings. The fourth-order valence-corrected chi connectivity index (χ4v) is 3.63. The van der Waals surface area contributed by atoms with Crippen molar-refractivity contribution in [3.05, 3.63) is 42.1 Å². The maximum atomic E-state index is 4.54. The Bertz CT molecular complexity index is 565. The van der Waals surface area contributed by atoms with E-state index in [-0.39, 0.29) is 0 Å². The van der Waals surface area contributed by atoms with Gasteiger partial charge < -0.3 is 5.32 Å². The molecule has 0 spiro atoms. The van der Waals surface area contributed by atoms with Gasteiger partial charge in [0.2, 0.25) is 0 Å². The Morgan fingerprint density at radius 3 is 2.71 bits per heavy atom. The minimum absolute atomic E-state index is 0.692. The molecular weight excluding hydrogens is 256 g/mol. The molecule has 0 radical (unpaired) electrons. The van der Waals surface area contributed by atoms with Crippen LogP contribution in [0.1, 0.15) is 51.0 Å². The lowest BCUT2D eigenvalue weighted by Gasteiger charge is -2.29. The summed E-state index contributed by atoms with van der Waals surface area (Å²) in [6, 6.07) is 11.3. The molecule has 0 atom stereocenters. The second-order valence-corrected chi connectivity index (χ2v) is 6.38. The molecular formula is C19H26N2. The number of nitrogens with one attached hydrogen (secondary N) is 1. The van der Waals surface area contributed by atoms with Crippen LogP contribution in [0.4, 0.5) is 0 Å². The van der Waals surface area contributed by atoms with Gasteiger partial charge in [-0.2, -0.15) is 0 Å². The summed E-state index contributed by atoms with van der Waals surface area (Å²) in [4.78, 5) is 4.54. The summed E-state index contributed by atoms with van der Waals surface area (Å²) in [5, 5.41) is 4.99. The van der Waals surface area contributed by atoms with Crippen LogP contribution < -0.4 is 5.32 Å². The first-order valence-corrected chi connectivity index (χ1v) is 8.43. The Labute approximate surface area is 128 Å². The van der Waals surface area contributed by atoms with Crippen molar-refractivity contribution in [2.45, 2.75) is 58.0 Å².